The largest absolute Gasteiger partial charge is 0.354 e. The molecule has 0 saturated heterocycles. The van der Waals surface area contributed by atoms with Gasteiger partial charge in [-0.05, 0) is 36.2 Å². The van der Waals surface area contributed by atoms with Crippen LogP contribution in [0.5, 0.6) is 0 Å². The van der Waals surface area contributed by atoms with Crippen LogP contribution in [-0.2, 0) is 19.5 Å². The van der Waals surface area contributed by atoms with Gasteiger partial charge in [0.05, 0.1) is 0 Å². The Kier molecular flexibility index (Phi) is 5.16. The van der Waals surface area contributed by atoms with Crippen molar-refractivity contribution in [3.8, 4) is 0 Å². The molecule has 0 aromatic carbocycles. The van der Waals surface area contributed by atoms with Crippen LogP contribution in [-0.4, -0.2) is 16.1 Å². The van der Waals surface area contributed by atoms with Gasteiger partial charge in [-0.3, -0.25) is 4.98 Å². The summed E-state index contributed by atoms with van der Waals surface area (Å²) in [4.78, 5) is 4.34. The minimum atomic E-state index is 0.700. The van der Waals surface area contributed by atoms with Crippen molar-refractivity contribution in [3.63, 3.8) is 0 Å². The lowest BCUT2D eigenvalue weighted by Gasteiger charge is -2.06. The standard InChI is InChI=1S/C16H23N3/c1-14(2)11-17-12-15-6-9-19(13-15)10-7-16-5-3-4-8-18-16/h3-6,8-9,13-14,17H,7,10-12H2,1-2H3. The maximum absolute atomic E-state index is 4.34. The van der Waals surface area contributed by atoms with E-state index in [1.54, 1.807) is 0 Å². The van der Waals surface area contributed by atoms with Gasteiger partial charge in [0.15, 0.2) is 0 Å². The van der Waals surface area contributed by atoms with Gasteiger partial charge in [0, 0.05) is 43.8 Å². The predicted octanol–water partition coefficient (Wildman–Crippen LogP) is 2.87. The molecule has 0 atom stereocenters. The van der Waals surface area contributed by atoms with Crippen molar-refractivity contribution in [3.05, 3.63) is 54.1 Å². The molecule has 2 heterocycles. The maximum atomic E-state index is 4.34. The number of aromatic nitrogens is 2. The van der Waals surface area contributed by atoms with E-state index in [1.165, 1.54) is 5.56 Å². The molecule has 0 bridgehead atoms. The lowest BCUT2D eigenvalue weighted by molar-refractivity contribution is 0.551. The first-order valence-corrected chi connectivity index (χ1v) is 6.99. The molecule has 1 N–H and O–H groups in total. The molecule has 0 spiro atoms. The molecule has 0 saturated carbocycles. The minimum absolute atomic E-state index is 0.700. The lowest BCUT2D eigenvalue weighted by Crippen LogP contribution is -2.18. The molecule has 0 aliphatic carbocycles. The molecular weight excluding hydrogens is 234 g/mol. The Hall–Kier alpha value is -1.61. The summed E-state index contributed by atoms with van der Waals surface area (Å²) < 4.78 is 2.24. The highest BCUT2D eigenvalue weighted by Gasteiger charge is 1.99. The summed E-state index contributed by atoms with van der Waals surface area (Å²) in [5, 5.41) is 3.46. The number of aryl methyl sites for hydroxylation is 2. The predicted molar refractivity (Wildman–Crippen MR) is 78.9 cm³/mol. The van der Waals surface area contributed by atoms with Gasteiger partial charge in [-0.25, -0.2) is 0 Å². The van der Waals surface area contributed by atoms with E-state index in [-0.39, 0.29) is 0 Å². The fourth-order valence-corrected chi connectivity index (χ4v) is 2.03. The molecule has 0 radical (unpaired) electrons. The molecule has 0 aliphatic rings. The van der Waals surface area contributed by atoms with Gasteiger partial charge in [0.25, 0.3) is 0 Å². The van der Waals surface area contributed by atoms with Gasteiger partial charge in [-0.15, -0.1) is 0 Å². The molecule has 0 fully saturated rings. The van der Waals surface area contributed by atoms with Gasteiger partial charge in [-0.2, -0.15) is 0 Å². The molecular formula is C16H23N3. The first-order valence-electron chi connectivity index (χ1n) is 6.99. The SMILES string of the molecule is CC(C)CNCc1ccn(CCc2ccccn2)c1. The van der Waals surface area contributed by atoms with E-state index in [4.69, 9.17) is 0 Å². The first kappa shape index (κ1) is 13.8. The highest BCUT2D eigenvalue weighted by atomic mass is 14.9. The Morgan fingerprint density at radius 2 is 2.16 bits per heavy atom. The van der Waals surface area contributed by atoms with E-state index in [9.17, 15) is 0 Å². The zero-order valence-corrected chi connectivity index (χ0v) is 11.8. The van der Waals surface area contributed by atoms with Crippen LogP contribution in [0.4, 0.5) is 0 Å². The second-order valence-electron chi connectivity index (χ2n) is 5.35. The van der Waals surface area contributed by atoms with Crippen molar-refractivity contribution in [2.45, 2.75) is 33.4 Å². The van der Waals surface area contributed by atoms with Crippen molar-refractivity contribution in [1.82, 2.24) is 14.9 Å². The van der Waals surface area contributed by atoms with Crippen LogP contribution >= 0.6 is 0 Å². The fourth-order valence-electron chi connectivity index (χ4n) is 2.03. The third-order valence-electron chi connectivity index (χ3n) is 3.05. The Morgan fingerprint density at radius 3 is 2.89 bits per heavy atom. The Bertz CT molecular complexity index is 474. The monoisotopic (exact) mass is 257 g/mol. The summed E-state index contributed by atoms with van der Waals surface area (Å²) in [6.07, 6.45) is 7.20. The molecule has 19 heavy (non-hydrogen) atoms. The Morgan fingerprint density at radius 1 is 1.26 bits per heavy atom. The van der Waals surface area contributed by atoms with E-state index >= 15 is 0 Å². The van der Waals surface area contributed by atoms with Crippen LogP contribution in [0.25, 0.3) is 0 Å². The third-order valence-corrected chi connectivity index (χ3v) is 3.05. The summed E-state index contributed by atoms with van der Waals surface area (Å²) in [5.74, 6) is 0.700. The van der Waals surface area contributed by atoms with E-state index in [2.05, 4.69) is 53.2 Å². The van der Waals surface area contributed by atoms with Gasteiger partial charge in [-0.1, -0.05) is 19.9 Å². The highest BCUT2D eigenvalue weighted by molar-refractivity contribution is 5.10. The third kappa shape index (κ3) is 4.87. The van der Waals surface area contributed by atoms with Gasteiger partial charge < -0.3 is 9.88 Å². The van der Waals surface area contributed by atoms with Crippen molar-refractivity contribution >= 4 is 0 Å². The van der Waals surface area contributed by atoms with Crippen LogP contribution in [0.2, 0.25) is 0 Å². The molecule has 0 amide bonds. The van der Waals surface area contributed by atoms with E-state index in [0.717, 1.165) is 31.7 Å². The summed E-state index contributed by atoms with van der Waals surface area (Å²) in [6, 6.07) is 8.26. The minimum Gasteiger partial charge on any atom is -0.354 e. The van der Waals surface area contributed by atoms with Crippen molar-refractivity contribution < 1.29 is 0 Å². The summed E-state index contributed by atoms with van der Waals surface area (Å²) in [5.41, 5.74) is 2.50. The molecule has 0 unspecified atom stereocenters. The number of rotatable bonds is 7. The zero-order chi connectivity index (χ0) is 13.5. The van der Waals surface area contributed by atoms with Crippen molar-refractivity contribution in [2.24, 2.45) is 5.92 Å². The number of hydrogen-bond acceptors (Lipinski definition) is 2. The normalized spacial score (nSPS) is 11.1. The Balaban J connectivity index is 1.77. The second-order valence-corrected chi connectivity index (χ2v) is 5.35. The second kappa shape index (κ2) is 7.10. The van der Waals surface area contributed by atoms with Crippen LogP contribution in [0.15, 0.2) is 42.9 Å². The molecule has 0 aliphatic heterocycles. The smallest absolute Gasteiger partial charge is 0.0421 e. The van der Waals surface area contributed by atoms with E-state index in [0.29, 0.717) is 5.92 Å². The molecule has 2 rings (SSSR count). The molecule has 3 heteroatoms. The van der Waals surface area contributed by atoms with Gasteiger partial charge in [0.2, 0.25) is 0 Å². The molecule has 102 valence electrons. The number of nitrogens with zero attached hydrogens (tertiary/aromatic N) is 2. The van der Waals surface area contributed by atoms with Crippen molar-refractivity contribution in [1.29, 1.82) is 0 Å². The number of hydrogen-bond donors (Lipinski definition) is 1. The average molecular weight is 257 g/mol. The zero-order valence-electron chi connectivity index (χ0n) is 11.8. The van der Waals surface area contributed by atoms with E-state index < -0.39 is 0 Å². The number of nitrogens with one attached hydrogen (secondary N) is 1. The highest BCUT2D eigenvalue weighted by Crippen LogP contribution is 2.04. The fraction of sp³-hybridized carbons (Fsp3) is 0.438. The summed E-state index contributed by atoms with van der Waals surface area (Å²) in [6.45, 7) is 7.46. The first-order chi connectivity index (χ1) is 9.24. The maximum Gasteiger partial charge on any atom is 0.0421 e. The Labute approximate surface area is 115 Å². The van der Waals surface area contributed by atoms with E-state index in [1.807, 2.05) is 18.3 Å². The lowest BCUT2D eigenvalue weighted by atomic mass is 10.2. The van der Waals surface area contributed by atoms with Crippen LogP contribution < -0.4 is 5.32 Å². The number of pyridine rings is 1. The van der Waals surface area contributed by atoms with Gasteiger partial charge in [0.1, 0.15) is 0 Å². The topological polar surface area (TPSA) is 29.9 Å². The van der Waals surface area contributed by atoms with Crippen LogP contribution in [0.3, 0.4) is 0 Å². The van der Waals surface area contributed by atoms with Crippen LogP contribution in [0.1, 0.15) is 25.1 Å². The molecule has 3 nitrogen and oxygen atoms in total. The summed E-state index contributed by atoms with van der Waals surface area (Å²) in [7, 11) is 0. The summed E-state index contributed by atoms with van der Waals surface area (Å²) >= 11 is 0. The molecule has 2 aromatic heterocycles. The van der Waals surface area contributed by atoms with Gasteiger partial charge >= 0.3 is 0 Å². The molecule has 2 aromatic rings. The quantitative estimate of drug-likeness (QED) is 0.826. The van der Waals surface area contributed by atoms with Crippen molar-refractivity contribution in [2.75, 3.05) is 6.54 Å². The van der Waals surface area contributed by atoms with Crippen LogP contribution in [0, 0.1) is 5.92 Å². The average Bonchev–Trinajstić information content (AvgIpc) is 2.85.